The lowest BCUT2D eigenvalue weighted by atomic mass is 10.0. The van der Waals surface area contributed by atoms with E-state index in [1.54, 1.807) is 37.3 Å². The maximum Gasteiger partial charge on any atom is 0.319 e. The first-order chi connectivity index (χ1) is 13.7. The summed E-state index contributed by atoms with van der Waals surface area (Å²) in [5.74, 6) is 0.539. The molecular formula is C21H34N4O4. The number of carbonyl (C=O) groups excluding carboxylic acids is 2. The predicted octanol–water partition coefficient (Wildman–Crippen LogP) is 2.31. The number of carbonyl (C=O) groups is 2. The summed E-state index contributed by atoms with van der Waals surface area (Å²) in [6.07, 6.45) is -0.0758. The van der Waals surface area contributed by atoms with Crippen LogP contribution in [0.4, 0.5) is 10.5 Å². The van der Waals surface area contributed by atoms with Gasteiger partial charge in [0.25, 0.3) is 5.91 Å². The van der Waals surface area contributed by atoms with Crippen molar-refractivity contribution >= 4 is 17.6 Å². The standard InChI is InChI=1S/C21H34N4O4/c1-13(2)23-21(27)24-16-7-8-17-18(9-16)29-12-15(4)22-10-14(3)19(28-6)11-25(5)20(17)26/h7-9,13-15,19,22H,10-12H2,1-6H3,(H2,23,24,27)/t14-,15-,19+/m0/s1. The van der Waals surface area contributed by atoms with Gasteiger partial charge in [0.15, 0.2) is 0 Å². The Labute approximate surface area is 173 Å². The van der Waals surface area contributed by atoms with Crippen LogP contribution in [0.25, 0.3) is 0 Å². The van der Waals surface area contributed by atoms with Crippen LogP contribution in [0, 0.1) is 5.92 Å². The number of ether oxygens (including phenoxy) is 2. The van der Waals surface area contributed by atoms with Crippen LogP contribution < -0.4 is 20.7 Å². The van der Waals surface area contributed by atoms with Gasteiger partial charge >= 0.3 is 6.03 Å². The maximum absolute atomic E-state index is 13.1. The molecule has 0 spiro atoms. The normalized spacial score (nSPS) is 23.5. The number of anilines is 1. The van der Waals surface area contributed by atoms with Crippen LogP contribution >= 0.6 is 0 Å². The fraction of sp³-hybridized carbons (Fsp3) is 0.619. The number of nitrogens with one attached hydrogen (secondary N) is 3. The van der Waals surface area contributed by atoms with Gasteiger partial charge in [0.1, 0.15) is 12.4 Å². The first-order valence-electron chi connectivity index (χ1n) is 10.1. The SMILES string of the molecule is CO[C@@H]1CN(C)C(=O)c2ccc(NC(=O)NC(C)C)cc2OC[C@H](C)NC[C@@H]1C. The second-order valence-corrected chi connectivity index (χ2v) is 8.02. The molecule has 2 rings (SSSR count). The van der Waals surface area contributed by atoms with Gasteiger partial charge in [0.05, 0.1) is 11.7 Å². The first-order valence-corrected chi connectivity index (χ1v) is 10.1. The maximum atomic E-state index is 13.1. The summed E-state index contributed by atoms with van der Waals surface area (Å²) in [4.78, 5) is 26.7. The van der Waals surface area contributed by atoms with Crippen molar-refractivity contribution in [3.05, 3.63) is 23.8 Å². The van der Waals surface area contributed by atoms with Crippen LogP contribution in [-0.4, -0.2) is 68.9 Å². The molecule has 1 aromatic rings. The summed E-state index contributed by atoms with van der Waals surface area (Å²) in [5.41, 5.74) is 1.02. The highest BCUT2D eigenvalue weighted by atomic mass is 16.5. The highest BCUT2D eigenvalue weighted by molar-refractivity contribution is 5.98. The molecule has 162 valence electrons. The minimum absolute atomic E-state index is 0.0220. The number of amides is 3. The lowest BCUT2D eigenvalue weighted by molar-refractivity contribution is 0.0281. The fourth-order valence-corrected chi connectivity index (χ4v) is 3.16. The van der Waals surface area contributed by atoms with Crippen molar-refractivity contribution in [1.82, 2.24) is 15.5 Å². The number of urea groups is 1. The van der Waals surface area contributed by atoms with Gasteiger partial charge in [0, 0.05) is 51.1 Å². The van der Waals surface area contributed by atoms with E-state index >= 15 is 0 Å². The molecule has 0 saturated carbocycles. The molecule has 3 amide bonds. The molecule has 8 nitrogen and oxygen atoms in total. The third kappa shape index (κ3) is 6.61. The third-order valence-electron chi connectivity index (χ3n) is 4.90. The summed E-state index contributed by atoms with van der Waals surface area (Å²) in [6.45, 7) is 9.54. The second kappa shape index (κ2) is 10.5. The quantitative estimate of drug-likeness (QED) is 0.716. The van der Waals surface area contributed by atoms with Crippen LogP contribution in [0.3, 0.4) is 0 Å². The average molecular weight is 407 g/mol. The Morgan fingerprint density at radius 1 is 1.34 bits per heavy atom. The number of hydrogen-bond acceptors (Lipinski definition) is 5. The topological polar surface area (TPSA) is 91.9 Å². The molecule has 0 radical (unpaired) electrons. The zero-order valence-electron chi connectivity index (χ0n) is 18.2. The van der Waals surface area contributed by atoms with Crippen LogP contribution in [0.15, 0.2) is 18.2 Å². The Bertz CT molecular complexity index is 710. The van der Waals surface area contributed by atoms with Crippen LogP contribution in [0.5, 0.6) is 5.75 Å². The van der Waals surface area contributed by atoms with Gasteiger partial charge in [-0.15, -0.1) is 0 Å². The Morgan fingerprint density at radius 2 is 2.07 bits per heavy atom. The Hall–Kier alpha value is -2.32. The molecular weight excluding hydrogens is 372 g/mol. The number of nitrogens with zero attached hydrogens (tertiary/aromatic N) is 1. The van der Waals surface area contributed by atoms with Gasteiger partial charge in [-0.25, -0.2) is 4.79 Å². The van der Waals surface area contributed by atoms with Gasteiger partial charge in [-0.05, 0) is 38.8 Å². The largest absolute Gasteiger partial charge is 0.491 e. The number of rotatable bonds is 3. The molecule has 1 aliphatic heterocycles. The van der Waals surface area contributed by atoms with E-state index in [1.165, 1.54) is 0 Å². The predicted molar refractivity (Wildman–Crippen MR) is 114 cm³/mol. The zero-order valence-corrected chi connectivity index (χ0v) is 18.2. The summed E-state index contributed by atoms with van der Waals surface area (Å²) in [5, 5.41) is 9.01. The molecule has 3 N–H and O–H groups in total. The van der Waals surface area contributed by atoms with Gasteiger partial charge < -0.3 is 30.3 Å². The molecule has 0 aliphatic carbocycles. The summed E-state index contributed by atoms with van der Waals surface area (Å²) < 4.78 is 11.6. The van der Waals surface area contributed by atoms with E-state index in [-0.39, 0.29) is 36.0 Å². The number of fused-ring (bicyclic) bond motifs is 1. The highest BCUT2D eigenvalue weighted by Gasteiger charge is 2.25. The van der Waals surface area contributed by atoms with Crippen molar-refractivity contribution in [2.45, 2.75) is 45.9 Å². The summed E-state index contributed by atoms with van der Waals surface area (Å²) in [7, 11) is 3.43. The highest BCUT2D eigenvalue weighted by Crippen LogP contribution is 2.26. The van der Waals surface area contributed by atoms with Crippen LogP contribution in [0.2, 0.25) is 0 Å². The Balaban J connectivity index is 2.29. The summed E-state index contributed by atoms with van der Waals surface area (Å²) >= 11 is 0. The lowest BCUT2D eigenvalue weighted by Crippen LogP contribution is -2.44. The van der Waals surface area contributed by atoms with Crippen molar-refractivity contribution in [3.63, 3.8) is 0 Å². The fourth-order valence-electron chi connectivity index (χ4n) is 3.16. The van der Waals surface area contributed by atoms with Gasteiger partial charge in [0.2, 0.25) is 0 Å². The van der Waals surface area contributed by atoms with E-state index in [0.717, 1.165) is 6.54 Å². The monoisotopic (exact) mass is 406 g/mol. The van der Waals surface area contributed by atoms with E-state index in [2.05, 4.69) is 22.9 Å². The van der Waals surface area contributed by atoms with Crippen molar-refractivity contribution in [2.24, 2.45) is 5.92 Å². The van der Waals surface area contributed by atoms with E-state index in [9.17, 15) is 9.59 Å². The molecule has 0 unspecified atom stereocenters. The molecule has 1 aromatic carbocycles. The summed E-state index contributed by atoms with van der Waals surface area (Å²) in [6, 6.07) is 4.90. The van der Waals surface area contributed by atoms with Gasteiger partial charge in [-0.3, -0.25) is 4.79 Å². The minimum Gasteiger partial charge on any atom is -0.491 e. The first kappa shape index (κ1) is 23.0. The van der Waals surface area contributed by atoms with E-state index in [0.29, 0.717) is 30.2 Å². The van der Waals surface area contributed by atoms with E-state index in [4.69, 9.17) is 9.47 Å². The van der Waals surface area contributed by atoms with Crippen molar-refractivity contribution in [2.75, 3.05) is 39.2 Å². The minimum atomic E-state index is -0.302. The molecule has 1 aliphatic rings. The molecule has 0 aromatic heterocycles. The molecule has 3 atom stereocenters. The zero-order chi connectivity index (χ0) is 21.6. The number of likely N-dealkylation sites (N-methyl/N-ethyl adjacent to an activating group) is 1. The van der Waals surface area contributed by atoms with Crippen molar-refractivity contribution in [3.8, 4) is 5.75 Å². The van der Waals surface area contributed by atoms with E-state index in [1.807, 2.05) is 20.8 Å². The molecule has 1 heterocycles. The third-order valence-corrected chi connectivity index (χ3v) is 4.90. The molecule has 8 heteroatoms. The molecule has 0 fully saturated rings. The number of benzene rings is 1. The smallest absolute Gasteiger partial charge is 0.319 e. The molecule has 29 heavy (non-hydrogen) atoms. The molecule has 0 saturated heterocycles. The Morgan fingerprint density at radius 3 is 2.72 bits per heavy atom. The van der Waals surface area contributed by atoms with Gasteiger partial charge in [-0.1, -0.05) is 6.92 Å². The lowest BCUT2D eigenvalue weighted by Gasteiger charge is -2.30. The number of methoxy groups -OCH3 is 1. The van der Waals surface area contributed by atoms with E-state index < -0.39 is 0 Å². The Kier molecular flexibility index (Phi) is 8.28. The average Bonchev–Trinajstić information content (AvgIpc) is 2.66. The second-order valence-electron chi connectivity index (χ2n) is 8.02. The van der Waals surface area contributed by atoms with Crippen molar-refractivity contribution < 1.29 is 19.1 Å². The van der Waals surface area contributed by atoms with Crippen molar-refractivity contribution in [1.29, 1.82) is 0 Å². The van der Waals surface area contributed by atoms with Gasteiger partial charge in [-0.2, -0.15) is 0 Å². The number of hydrogen-bond donors (Lipinski definition) is 3. The van der Waals surface area contributed by atoms with Crippen LogP contribution in [0.1, 0.15) is 38.1 Å². The molecule has 0 bridgehead atoms. The van der Waals surface area contributed by atoms with Crippen LogP contribution in [-0.2, 0) is 4.74 Å².